The predicted molar refractivity (Wildman–Crippen MR) is 113 cm³/mol. The molecule has 2 aromatic carbocycles. The molecular weight excluding hydrogens is 380 g/mol. The number of ether oxygens (including phenoxy) is 2. The van der Waals surface area contributed by atoms with Gasteiger partial charge in [0.05, 0.1) is 18.4 Å². The van der Waals surface area contributed by atoms with Crippen molar-refractivity contribution in [3.8, 4) is 11.5 Å². The zero-order valence-corrected chi connectivity index (χ0v) is 17.6. The van der Waals surface area contributed by atoms with Crippen LogP contribution in [0.4, 0.5) is 0 Å². The Bertz CT molecular complexity index is 1010. The van der Waals surface area contributed by atoms with E-state index in [1.54, 1.807) is 25.3 Å². The van der Waals surface area contributed by atoms with Crippen molar-refractivity contribution >= 4 is 5.91 Å². The average molecular weight is 406 g/mol. The number of rotatable bonds is 5. The first kappa shape index (κ1) is 20.0. The number of carbonyl (C=O) groups excluding carboxylic acids is 1. The van der Waals surface area contributed by atoms with Crippen LogP contribution in [0.15, 0.2) is 47.0 Å². The number of hydrogen-bond donors (Lipinski definition) is 0. The molecular formula is C24H26N2O4. The van der Waals surface area contributed by atoms with Crippen molar-refractivity contribution in [3.63, 3.8) is 0 Å². The summed E-state index contributed by atoms with van der Waals surface area (Å²) in [5.74, 6) is 1.86. The van der Waals surface area contributed by atoms with Crippen LogP contribution in [0.1, 0.15) is 38.5 Å². The first-order valence-electron chi connectivity index (χ1n) is 10.2. The molecule has 0 radical (unpaired) electrons. The monoisotopic (exact) mass is 406 g/mol. The Balaban J connectivity index is 1.47. The van der Waals surface area contributed by atoms with E-state index in [0.29, 0.717) is 36.8 Å². The summed E-state index contributed by atoms with van der Waals surface area (Å²) in [4.78, 5) is 15.0. The summed E-state index contributed by atoms with van der Waals surface area (Å²) in [6.07, 6.45) is 1.75. The van der Waals surface area contributed by atoms with Crippen molar-refractivity contribution in [2.75, 3.05) is 20.2 Å². The van der Waals surface area contributed by atoms with Gasteiger partial charge in [-0.25, -0.2) is 0 Å². The second-order valence-electron chi connectivity index (χ2n) is 7.52. The highest BCUT2D eigenvalue weighted by molar-refractivity contribution is 5.95. The summed E-state index contributed by atoms with van der Waals surface area (Å²) in [6.45, 7) is 5.49. The first-order valence-corrected chi connectivity index (χ1v) is 10.2. The third-order valence-corrected chi connectivity index (χ3v) is 5.67. The van der Waals surface area contributed by atoms with Gasteiger partial charge < -0.3 is 18.9 Å². The van der Waals surface area contributed by atoms with E-state index in [1.165, 1.54) is 11.1 Å². The van der Waals surface area contributed by atoms with E-state index in [4.69, 9.17) is 14.0 Å². The SMILES string of the molecule is COc1cc(C(=O)N2CCc3ccccc3CC2)ccc1OCc1c(C)noc1C. The van der Waals surface area contributed by atoms with Crippen molar-refractivity contribution in [2.45, 2.75) is 33.3 Å². The number of fused-ring (bicyclic) bond motifs is 1. The van der Waals surface area contributed by atoms with Crippen LogP contribution in [0.25, 0.3) is 0 Å². The summed E-state index contributed by atoms with van der Waals surface area (Å²) in [7, 11) is 1.58. The normalized spacial score (nSPS) is 13.5. The van der Waals surface area contributed by atoms with Gasteiger partial charge >= 0.3 is 0 Å². The molecule has 1 aliphatic heterocycles. The molecule has 6 heteroatoms. The number of nitrogens with zero attached hydrogens (tertiary/aromatic N) is 2. The van der Waals surface area contributed by atoms with Crippen molar-refractivity contribution in [2.24, 2.45) is 0 Å². The van der Waals surface area contributed by atoms with Crippen molar-refractivity contribution < 1.29 is 18.8 Å². The van der Waals surface area contributed by atoms with Gasteiger partial charge in [0, 0.05) is 18.7 Å². The highest BCUT2D eigenvalue weighted by atomic mass is 16.5. The van der Waals surface area contributed by atoms with Gasteiger partial charge in [-0.3, -0.25) is 4.79 Å². The summed E-state index contributed by atoms with van der Waals surface area (Å²) < 4.78 is 16.6. The fourth-order valence-corrected chi connectivity index (χ4v) is 3.83. The number of hydrogen-bond acceptors (Lipinski definition) is 5. The van der Waals surface area contributed by atoms with Crippen molar-refractivity contribution in [1.82, 2.24) is 10.1 Å². The molecule has 0 spiro atoms. The fraction of sp³-hybridized carbons (Fsp3) is 0.333. The van der Waals surface area contributed by atoms with E-state index >= 15 is 0 Å². The van der Waals surface area contributed by atoms with Crippen LogP contribution >= 0.6 is 0 Å². The lowest BCUT2D eigenvalue weighted by Crippen LogP contribution is -2.33. The zero-order chi connectivity index (χ0) is 21.1. The Hall–Kier alpha value is -3.28. The fourth-order valence-electron chi connectivity index (χ4n) is 3.83. The second-order valence-corrected chi connectivity index (χ2v) is 7.52. The standard InChI is InChI=1S/C24H26N2O4/c1-16-21(17(2)30-25-16)15-29-22-9-8-20(14-23(22)28-3)24(27)26-12-10-18-6-4-5-7-19(18)11-13-26/h4-9,14H,10-13,15H2,1-3H3. The van der Waals surface area contributed by atoms with Gasteiger partial charge in [0.2, 0.25) is 0 Å². The molecule has 0 saturated carbocycles. The van der Waals surface area contributed by atoms with E-state index in [0.717, 1.165) is 29.9 Å². The molecule has 4 rings (SSSR count). The van der Waals surface area contributed by atoms with E-state index in [2.05, 4.69) is 29.4 Å². The van der Waals surface area contributed by atoms with Gasteiger partial charge in [-0.05, 0) is 56.0 Å². The van der Waals surface area contributed by atoms with E-state index in [-0.39, 0.29) is 5.91 Å². The molecule has 30 heavy (non-hydrogen) atoms. The molecule has 0 aliphatic carbocycles. The molecule has 1 aliphatic rings. The van der Waals surface area contributed by atoms with Gasteiger partial charge in [-0.1, -0.05) is 29.4 Å². The van der Waals surface area contributed by atoms with Crippen LogP contribution in [0.2, 0.25) is 0 Å². The van der Waals surface area contributed by atoms with E-state index in [1.807, 2.05) is 18.7 Å². The van der Waals surface area contributed by atoms with Gasteiger partial charge in [-0.15, -0.1) is 0 Å². The van der Waals surface area contributed by atoms with Crippen LogP contribution in [0, 0.1) is 13.8 Å². The van der Waals surface area contributed by atoms with Crippen LogP contribution in [0.5, 0.6) is 11.5 Å². The smallest absolute Gasteiger partial charge is 0.254 e. The Morgan fingerprint density at radius 3 is 2.37 bits per heavy atom. The number of methoxy groups -OCH3 is 1. The molecule has 6 nitrogen and oxygen atoms in total. The van der Waals surface area contributed by atoms with E-state index < -0.39 is 0 Å². The largest absolute Gasteiger partial charge is 0.493 e. The maximum absolute atomic E-state index is 13.1. The molecule has 0 unspecified atom stereocenters. The number of amides is 1. The Labute approximate surface area is 176 Å². The van der Waals surface area contributed by atoms with Crippen molar-refractivity contribution in [1.29, 1.82) is 0 Å². The molecule has 0 saturated heterocycles. The quantitative estimate of drug-likeness (QED) is 0.638. The molecule has 3 aromatic rings. The number of carbonyl (C=O) groups is 1. The Morgan fingerprint density at radius 2 is 1.77 bits per heavy atom. The Morgan fingerprint density at radius 1 is 1.07 bits per heavy atom. The summed E-state index contributed by atoms with van der Waals surface area (Å²) >= 11 is 0. The molecule has 0 N–H and O–H groups in total. The summed E-state index contributed by atoms with van der Waals surface area (Å²) in [5, 5.41) is 3.95. The number of aryl methyl sites for hydroxylation is 2. The third kappa shape index (κ3) is 4.03. The molecule has 0 fully saturated rings. The number of benzene rings is 2. The predicted octanol–water partition coefficient (Wildman–Crippen LogP) is 4.12. The van der Waals surface area contributed by atoms with Crippen LogP contribution in [-0.2, 0) is 19.4 Å². The summed E-state index contributed by atoms with van der Waals surface area (Å²) in [5.41, 5.74) is 4.98. The lowest BCUT2D eigenvalue weighted by Gasteiger charge is -2.21. The lowest BCUT2D eigenvalue weighted by atomic mass is 10.0. The molecule has 1 aromatic heterocycles. The topological polar surface area (TPSA) is 64.8 Å². The minimum Gasteiger partial charge on any atom is -0.493 e. The van der Waals surface area contributed by atoms with Gasteiger partial charge in [0.15, 0.2) is 11.5 Å². The van der Waals surface area contributed by atoms with Gasteiger partial charge in [0.25, 0.3) is 5.91 Å². The van der Waals surface area contributed by atoms with Gasteiger partial charge in [0.1, 0.15) is 12.4 Å². The first-order chi connectivity index (χ1) is 14.6. The molecule has 1 amide bonds. The zero-order valence-electron chi connectivity index (χ0n) is 17.6. The lowest BCUT2D eigenvalue weighted by molar-refractivity contribution is 0.0762. The maximum atomic E-state index is 13.1. The number of aromatic nitrogens is 1. The minimum atomic E-state index is 0.0124. The van der Waals surface area contributed by atoms with Gasteiger partial charge in [-0.2, -0.15) is 0 Å². The van der Waals surface area contributed by atoms with Crippen molar-refractivity contribution in [3.05, 3.63) is 76.2 Å². The van der Waals surface area contributed by atoms with Crippen LogP contribution in [-0.4, -0.2) is 36.2 Å². The van der Waals surface area contributed by atoms with E-state index in [9.17, 15) is 4.79 Å². The van der Waals surface area contributed by atoms with Crippen LogP contribution < -0.4 is 9.47 Å². The molecule has 0 bridgehead atoms. The molecule has 0 atom stereocenters. The minimum absolute atomic E-state index is 0.0124. The molecule has 156 valence electrons. The summed E-state index contributed by atoms with van der Waals surface area (Å²) in [6, 6.07) is 13.8. The Kier molecular flexibility index (Phi) is 5.74. The molecule has 2 heterocycles. The average Bonchev–Trinajstić information content (AvgIpc) is 2.96. The van der Waals surface area contributed by atoms with Crippen LogP contribution in [0.3, 0.4) is 0 Å². The highest BCUT2D eigenvalue weighted by Gasteiger charge is 2.21. The maximum Gasteiger partial charge on any atom is 0.254 e. The highest BCUT2D eigenvalue weighted by Crippen LogP contribution is 2.30. The second kappa shape index (κ2) is 8.61. The third-order valence-electron chi connectivity index (χ3n) is 5.67.